The summed E-state index contributed by atoms with van der Waals surface area (Å²) in [5.74, 6) is -1.05. The molecule has 10 heteroatoms. The minimum atomic E-state index is -3.59. The number of anilines is 1. The van der Waals surface area contributed by atoms with Gasteiger partial charge in [0, 0.05) is 31.6 Å². The second kappa shape index (κ2) is 11.3. The molecule has 1 N–H and O–H groups in total. The number of carbonyl (C=O) groups excluding carboxylic acids is 2. The summed E-state index contributed by atoms with van der Waals surface area (Å²) in [6.45, 7) is 1.80. The Morgan fingerprint density at radius 2 is 1.81 bits per heavy atom. The fourth-order valence-corrected chi connectivity index (χ4v) is 4.35. The van der Waals surface area contributed by atoms with Crippen LogP contribution in [0.1, 0.15) is 25.3 Å². The average Bonchev–Trinajstić information content (AvgIpc) is 2.74. The van der Waals surface area contributed by atoms with Gasteiger partial charge in [-0.05, 0) is 49.2 Å². The van der Waals surface area contributed by atoms with Crippen LogP contribution in [0, 0.1) is 5.82 Å². The first kappa shape index (κ1) is 25.6. The van der Waals surface area contributed by atoms with E-state index in [1.165, 1.54) is 28.4 Å². The molecular formula is C22H27ClFN3O4S. The Bertz CT molecular complexity index is 1050. The maximum absolute atomic E-state index is 13.2. The highest BCUT2D eigenvalue weighted by Gasteiger charge is 2.26. The quantitative estimate of drug-likeness (QED) is 0.562. The predicted molar refractivity (Wildman–Crippen MR) is 123 cm³/mol. The van der Waals surface area contributed by atoms with Crippen LogP contribution in [0.4, 0.5) is 10.1 Å². The monoisotopic (exact) mass is 483 g/mol. The highest BCUT2D eigenvalue weighted by molar-refractivity contribution is 7.92. The third-order valence-corrected chi connectivity index (χ3v) is 6.36. The minimum absolute atomic E-state index is 0.0229. The molecule has 0 saturated carbocycles. The SMILES string of the molecule is CNC(=O)[C@H](C)N(Cc1ccc(F)cc1)C(=O)CCCN(c1cccc(Cl)c1)S(C)(=O)=O. The van der Waals surface area contributed by atoms with Crippen LogP contribution in [-0.2, 0) is 26.2 Å². The third-order valence-electron chi connectivity index (χ3n) is 4.93. The number of sulfonamides is 1. The van der Waals surface area contributed by atoms with E-state index in [4.69, 9.17) is 11.6 Å². The summed E-state index contributed by atoms with van der Waals surface area (Å²) in [6, 6.07) is 11.4. The second-order valence-corrected chi connectivity index (χ2v) is 9.70. The number of carbonyl (C=O) groups is 2. The van der Waals surface area contributed by atoms with Gasteiger partial charge in [0.2, 0.25) is 21.8 Å². The zero-order chi connectivity index (χ0) is 23.9. The first-order valence-corrected chi connectivity index (χ1v) is 12.2. The summed E-state index contributed by atoms with van der Waals surface area (Å²) >= 11 is 5.99. The van der Waals surface area contributed by atoms with Gasteiger partial charge in [0.05, 0.1) is 11.9 Å². The first-order valence-electron chi connectivity index (χ1n) is 10.0. The number of rotatable bonds is 10. The van der Waals surface area contributed by atoms with Crippen LogP contribution in [-0.4, -0.2) is 51.0 Å². The number of hydrogen-bond acceptors (Lipinski definition) is 4. The van der Waals surface area contributed by atoms with Crippen molar-refractivity contribution in [1.82, 2.24) is 10.2 Å². The molecule has 0 aliphatic rings. The molecule has 0 spiro atoms. The molecule has 0 fully saturated rings. The second-order valence-electron chi connectivity index (χ2n) is 7.36. The van der Waals surface area contributed by atoms with Gasteiger partial charge in [-0.1, -0.05) is 29.8 Å². The lowest BCUT2D eigenvalue weighted by Gasteiger charge is -2.29. The standard InChI is InChI=1S/C22H27ClFN3O4S/c1-16(22(29)25-2)26(15-17-9-11-19(24)12-10-17)21(28)8-5-13-27(32(3,30)31)20-7-4-6-18(23)14-20/h4,6-7,9-12,14,16H,5,8,13,15H2,1-3H3,(H,25,29)/t16-/m0/s1. The molecule has 0 aliphatic carbocycles. The topological polar surface area (TPSA) is 86.8 Å². The van der Waals surface area contributed by atoms with Gasteiger partial charge in [0.1, 0.15) is 11.9 Å². The summed E-state index contributed by atoms with van der Waals surface area (Å²) in [7, 11) is -2.11. The molecule has 32 heavy (non-hydrogen) atoms. The predicted octanol–water partition coefficient (Wildman–Crippen LogP) is 3.19. The molecule has 0 saturated heterocycles. The van der Waals surface area contributed by atoms with Crippen LogP contribution in [0.5, 0.6) is 0 Å². The fourth-order valence-electron chi connectivity index (χ4n) is 3.21. The maximum Gasteiger partial charge on any atom is 0.242 e. The molecule has 1 atom stereocenters. The highest BCUT2D eigenvalue weighted by Crippen LogP contribution is 2.22. The van der Waals surface area contributed by atoms with E-state index in [-0.39, 0.29) is 37.7 Å². The van der Waals surface area contributed by atoms with Gasteiger partial charge in [-0.2, -0.15) is 0 Å². The van der Waals surface area contributed by atoms with E-state index in [9.17, 15) is 22.4 Å². The Hall–Kier alpha value is -2.65. The number of hydrogen-bond donors (Lipinski definition) is 1. The molecule has 7 nitrogen and oxygen atoms in total. The van der Waals surface area contributed by atoms with Crippen LogP contribution >= 0.6 is 11.6 Å². The van der Waals surface area contributed by atoms with Gasteiger partial charge >= 0.3 is 0 Å². The van der Waals surface area contributed by atoms with Gasteiger partial charge in [0.25, 0.3) is 0 Å². The maximum atomic E-state index is 13.2. The summed E-state index contributed by atoms with van der Waals surface area (Å²) in [5, 5.41) is 2.92. The smallest absolute Gasteiger partial charge is 0.242 e. The number of halogens is 2. The summed E-state index contributed by atoms with van der Waals surface area (Å²) in [5.41, 5.74) is 1.08. The summed E-state index contributed by atoms with van der Waals surface area (Å²) in [4.78, 5) is 26.5. The first-order chi connectivity index (χ1) is 15.0. The Balaban J connectivity index is 2.13. The molecule has 0 aliphatic heterocycles. The number of likely N-dealkylation sites (N-methyl/N-ethyl adjacent to an activating group) is 1. The van der Waals surface area contributed by atoms with E-state index < -0.39 is 21.9 Å². The minimum Gasteiger partial charge on any atom is -0.357 e. The molecule has 0 aromatic heterocycles. The van der Waals surface area contributed by atoms with Gasteiger partial charge in [-0.15, -0.1) is 0 Å². The summed E-state index contributed by atoms with van der Waals surface area (Å²) in [6.07, 6.45) is 1.35. The van der Waals surface area contributed by atoms with Crippen LogP contribution in [0.15, 0.2) is 48.5 Å². The van der Waals surface area contributed by atoms with E-state index in [1.807, 2.05) is 0 Å². The van der Waals surface area contributed by atoms with E-state index in [0.717, 1.165) is 6.26 Å². The van der Waals surface area contributed by atoms with Crippen LogP contribution in [0.25, 0.3) is 0 Å². The van der Waals surface area contributed by atoms with E-state index in [0.29, 0.717) is 16.3 Å². The lowest BCUT2D eigenvalue weighted by Crippen LogP contribution is -2.46. The zero-order valence-electron chi connectivity index (χ0n) is 18.2. The van der Waals surface area contributed by atoms with Gasteiger partial charge < -0.3 is 10.2 Å². The van der Waals surface area contributed by atoms with Crippen LogP contribution in [0.3, 0.4) is 0 Å². The van der Waals surface area contributed by atoms with Crippen molar-refractivity contribution in [1.29, 1.82) is 0 Å². The molecule has 0 unspecified atom stereocenters. The van der Waals surface area contributed by atoms with Crippen molar-refractivity contribution in [2.75, 3.05) is 24.2 Å². The molecule has 2 amide bonds. The number of nitrogens with zero attached hydrogens (tertiary/aromatic N) is 2. The van der Waals surface area contributed by atoms with E-state index in [2.05, 4.69) is 5.32 Å². The molecule has 0 bridgehead atoms. The Morgan fingerprint density at radius 1 is 1.16 bits per heavy atom. The average molecular weight is 484 g/mol. The van der Waals surface area contributed by atoms with Crippen LogP contribution in [0.2, 0.25) is 5.02 Å². The van der Waals surface area contributed by atoms with Crippen molar-refractivity contribution in [3.8, 4) is 0 Å². The molecule has 2 aromatic rings. The molecule has 2 aromatic carbocycles. The number of nitrogens with one attached hydrogen (secondary N) is 1. The highest BCUT2D eigenvalue weighted by atomic mass is 35.5. The molecule has 0 heterocycles. The fraction of sp³-hybridized carbons (Fsp3) is 0.364. The van der Waals surface area contributed by atoms with Crippen molar-refractivity contribution in [2.24, 2.45) is 0 Å². The lowest BCUT2D eigenvalue weighted by molar-refractivity contribution is -0.140. The Kier molecular flexibility index (Phi) is 9.03. The van der Waals surface area contributed by atoms with Crippen molar-refractivity contribution in [3.63, 3.8) is 0 Å². The molecule has 2 rings (SSSR count). The summed E-state index contributed by atoms with van der Waals surface area (Å²) < 4.78 is 38.9. The van der Waals surface area contributed by atoms with E-state index in [1.54, 1.807) is 43.3 Å². The number of amides is 2. The molecule has 0 radical (unpaired) electrons. The Morgan fingerprint density at radius 3 is 2.38 bits per heavy atom. The zero-order valence-corrected chi connectivity index (χ0v) is 19.8. The molecule has 174 valence electrons. The number of benzene rings is 2. The van der Waals surface area contributed by atoms with E-state index >= 15 is 0 Å². The van der Waals surface area contributed by atoms with Crippen molar-refractivity contribution in [2.45, 2.75) is 32.4 Å². The van der Waals surface area contributed by atoms with Crippen molar-refractivity contribution < 1.29 is 22.4 Å². The van der Waals surface area contributed by atoms with Gasteiger partial charge in [-0.25, -0.2) is 12.8 Å². The third kappa shape index (κ3) is 7.20. The van der Waals surface area contributed by atoms with Crippen molar-refractivity contribution in [3.05, 3.63) is 64.9 Å². The van der Waals surface area contributed by atoms with Gasteiger partial charge in [-0.3, -0.25) is 13.9 Å². The normalized spacial score (nSPS) is 12.2. The van der Waals surface area contributed by atoms with Crippen LogP contribution < -0.4 is 9.62 Å². The lowest BCUT2D eigenvalue weighted by atomic mass is 10.1. The Labute approximate surface area is 193 Å². The van der Waals surface area contributed by atoms with Gasteiger partial charge in [0.15, 0.2) is 0 Å². The molecular weight excluding hydrogens is 457 g/mol. The largest absolute Gasteiger partial charge is 0.357 e. The van der Waals surface area contributed by atoms with Crippen molar-refractivity contribution >= 4 is 39.1 Å².